The van der Waals surface area contributed by atoms with Gasteiger partial charge in [-0.25, -0.2) is 8.42 Å². The van der Waals surface area contributed by atoms with Crippen molar-refractivity contribution < 1.29 is 8.42 Å². The van der Waals surface area contributed by atoms with Crippen molar-refractivity contribution in [2.75, 3.05) is 23.6 Å². The maximum Gasteiger partial charge on any atom is 0.233 e. The van der Waals surface area contributed by atoms with Crippen LogP contribution in [0.5, 0.6) is 0 Å². The molecule has 2 N–H and O–H groups in total. The summed E-state index contributed by atoms with van der Waals surface area (Å²) in [6.45, 7) is 3.25. The normalized spacial score (nSPS) is 11.5. The highest BCUT2D eigenvalue weighted by molar-refractivity contribution is 7.92. The zero-order valence-electron chi connectivity index (χ0n) is 10.0. The molecule has 1 aromatic carbocycles. The highest BCUT2D eigenvalue weighted by atomic mass is 35.5. The van der Waals surface area contributed by atoms with E-state index in [-0.39, 0.29) is 5.75 Å². The number of sulfonamides is 1. The highest BCUT2D eigenvalue weighted by Gasteiger charge is 2.10. The lowest BCUT2D eigenvalue weighted by atomic mass is 10.3. The molecule has 7 heteroatoms. The predicted octanol–water partition coefficient (Wildman–Crippen LogP) is 2.73. The van der Waals surface area contributed by atoms with Gasteiger partial charge in [0.15, 0.2) is 0 Å². The highest BCUT2D eigenvalue weighted by Crippen LogP contribution is 2.25. The van der Waals surface area contributed by atoms with E-state index in [1.54, 1.807) is 12.1 Å². The topological polar surface area (TPSA) is 58.2 Å². The third-order valence-electron chi connectivity index (χ3n) is 2.17. The number of hydrogen-bond acceptors (Lipinski definition) is 3. The average Bonchev–Trinajstić information content (AvgIpc) is 2.29. The first-order valence-electron chi connectivity index (χ1n) is 5.61. The van der Waals surface area contributed by atoms with Gasteiger partial charge in [0.1, 0.15) is 0 Å². The van der Waals surface area contributed by atoms with E-state index in [4.69, 9.17) is 23.2 Å². The molecule has 0 aliphatic heterocycles. The van der Waals surface area contributed by atoms with Gasteiger partial charge in [-0.1, -0.05) is 30.1 Å². The predicted molar refractivity (Wildman–Crippen MR) is 77.0 cm³/mol. The van der Waals surface area contributed by atoms with Gasteiger partial charge in [-0.15, -0.1) is 0 Å². The Hall–Kier alpha value is -0.490. The van der Waals surface area contributed by atoms with Crippen LogP contribution in [-0.4, -0.2) is 27.3 Å². The first-order valence-corrected chi connectivity index (χ1v) is 8.01. The standard InChI is InChI=1S/C11H16Cl2N2O2S/c1-2-5-14-6-7-18(16,17)15-9-3-4-10(12)11(13)8-9/h3-4,8,14-15H,2,5-7H2,1H3. The number of rotatable bonds is 7. The first kappa shape index (κ1) is 15.6. The van der Waals surface area contributed by atoms with E-state index in [0.717, 1.165) is 13.0 Å². The zero-order chi connectivity index (χ0) is 13.6. The summed E-state index contributed by atoms with van der Waals surface area (Å²) in [6.07, 6.45) is 0.972. The van der Waals surface area contributed by atoms with Gasteiger partial charge in [0.25, 0.3) is 0 Å². The molecule has 0 unspecified atom stereocenters. The van der Waals surface area contributed by atoms with Gasteiger partial charge in [-0.05, 0) is 31.2 Å². The van der Waals surface area contributed by atoms with Crippen LogP contribution in [-0.2, 0) is 10.0 Å². The van der Waals surface area contributed by atoms with E-state index < -0.39 is 10.0 Å². The fourth-order valence-electron chi connectivity index (χ4n) is 1.30. The molecule has 1 rings (SSSR count). The van der Waals surface area contributed by atoms with Crippen molar-refractivity contribution in [2.45, 2.75) is 13.3 Å². The van der Waals surface area contributed by atoms with Crippen LogP contribution in [0.15, 0.2) is 18.2 Å². The molecule has 0 aliphatic carbocycles. The molecule has 0 spiro atoms. The summed E-state index contributed by atoms with van der Waals surface area (Å²) < 4.78 is 25.9. The number of nitrogens with one attached hydrogen (secondary N) is 2. The molecule has 1 aromatic rings. The van der Waals surface area contributed by atoms with Gasteiger partial charge >= 0.3 is 0 Å². The average molecular weight is 311 g/mol. The number of halogens is 2. The summed E-state index contributed by atoms with van der Waals surface area (Å²) in [5.74, 6) is 0.0211. The SMILES string of the molecule is CCCNCCS(=O)(=O)Nc1ccc(Cl)c(Cl)c1. The fourth-order valence-corrected chi connectivity index (χ4v) is 2.60. The molecule has 0 aliphatic rings. The van der Waals surface area contributed by atoms with Crippen LogP contribution < -0.4 is 10.0 Å². The molecule has 102 valence electrons. The zero-order valence-corrected chi connectivity index (χ0v) is 12.4. The van der Waals surface area contributed by atoms with Crippen LogP contribution in [0.4, 0.5) is 5.69 Å². The molecule has 18 heavy (non-hydrogen) atoms. The van der Waals surface area contributed by atoms with Crippen molar-refractivity contribution in [1.29, 1.82) is 0 Å². The van der Waals surface area contributed by atoms with Crippen molar-refractivity contribution >= 4 is 38.9 Å². The lowest BCUT2D eigenvalue weighted by molar-refractivity contribution is 0.595. The molecule has 0 saturated heterocycles. The third kappa shape index (κ3) is 5.44. The molecule has 0 heterocycles. The molecule has 0 fully saturated rings. The van der Waals surface area contributed by atoms with Crippen molar-refractivity contribution in [3.05, 3.63) is 28.2 Å². The molecule has 0 radical (unpaired) electrons. The van der Waals surface area contributed by atoms with Crippen molar-refractivity contribution in [3.8, 4) is 0 Å². The van der Waals surface area contributed by atoms with E-state index in [9.17, 15) is 8.42 Å². The fraction of sp³-hybridized carbons (Fsp3) is 0.455. The molecule has 0 aromatic heterocycles. The van der Waals surface area contributed by atoms with E-state index in [1.807, 2.05) is 6.92 Å². The largest absolute Gasteiger partial charge is 0.316 e. The second-order valence-electron chi connectivity index (χ2n) is 3.80. The maximum atomic E-state index is 11.7. The third-order valence-corrected chi connectivity index (χ3v) is 4.19. The van der Waals surface area contributed by atoms with Gasteiger partial charge < -0.3 is 5.32 Å². The van der Waals surface area contributed by atoms with Gasteiger partial charge in [-0.3, -0.25) is 4.72 Å². The van der Waals surface area contributed by atoms with Crippen LogP contribution in [0.25, 0.3) is 0 Å². The Labute approximate surface area is 118 Å². The Morgan fingerprint density at radius 1 is 1.17 bits per heavy atom. The summed E-state index contributed by atoms with van der Waals surface area (Å²) in [7, 11) is -3.36. The lowest BCUT2D eigenvalue weighted by Crippen LogP contribution is -2.27. The first-order chi connectivity index (χ1) is 8.44. The Kier molecular flexibility index (Phi) is 6.21. The molecular formula is C11H16Cl2N2O2S. The monoisotopic (exact) mass is 310 g/mol. The Morgan fingerprint density at radius 3 is 2.50 bits per heavy atom. The van der Waals surface area contributed by atoms with Crippen molar-refractivity contribution in [1.82, 2.24) is 5.32 Å². The number of hydrogen-bond donors (Lipinski definition) is 2. The maximum absolute atomic E-state index is 11.7. The van der Waals surface area contributed by atoms with Crippen LogP contribution in [0.1, 0.15) is 13.3 Å². The molecule has 0 bridgehead atoms. The minimum atomic E-state index is -3.36. The summed E-state index contributed by atoms with van der Waals surface area (Å²) in [5, 5.41) is 3.74. The van der Waals surface area contributed by atoms with E-state index in [1.165, 1.54) is 6.07 Å². The van der Waals surface area contributed by atoms with E-state index >= 15 is 0 Å². The molecule has 0 atom stereocenters. The Bertz CT molecular complexity index is 492. The Balaban J connectivity index is 2.56. The van der Waals surface area contributed by atoms with Crippen LogP contribution in [0.3, 0.4) is 0 Å². The van der Waals surface area contributed by atoms with Crippen LogP contribution >= 0.6 is 23.2 Å². The van der Waals surface area contributed by atoms with E-state index in [0.29, 0.717) is 22.3 Å². The summed E-state index contributed by atoms with van der Waals surface area (Å²) >= 11 is 11.6. The smallest absolute Gasteiger partial charge is 0.233 e. The van der Waals surface area contributed by atoms with Crippen molar-refractivity contribution in [3.63, 3.8) is 0 Å². The number of benzene rings is 1. The molecule has 4 nitrogen and oxygen atoms in total. The molecule has 0 amide bonds. The minimum Gasteiger partial charge on any atom is -0.316 e. The minimum absolute atomic E-state index is 0.0211. The lowest BCUT2D eigenvalue weighted by Gasteiger charge is -2.09. The molecular weight excluding hydrogens is 295 g/mol. The summed E-state index contributed by atoms with van der Waals surface area (Å²) in [4.78, 5) is 0. The quantitative estimate of drug-likeness (QED) is 0.761. The summed E-state index contributed by atoms with van der Waals surface area (Å²) in [5.41, 5.74) is 0.417. The van der Waals surface area contributed by atoms with Gasteiger partial charge in [0.2, 0.25) is 10.0 Å². The Morgan fingerprint density at radius 2 is 1.89 bits per heavy atom. The van der Waals surface area contributed by atoms with Crippen molar-refractivity contribution in [2.24, 2.45) is 0 Å². The summed E-state index contributed by atoms with van der Waals surface area (Å²) in [6, 6.07) is 4.61. The second-order valence-corrected chi connectivity index (χ2v) is 6.46. The van der Waals surface area contributed by atoms with Gasteiger partial charge in [0.05, 0.1) is 21.5 Å². The molecule has 0 saturated carbocycles. The second kappa shape index (κ2) is 7.19. The number of anilines is 1. The van der Waals surface area contributed by atoms with Crippen LogP contribution in [0.2, 0.25) is 10.0 Å². The van der Waals surface area contributed by atoms with Gasteiger partial charge in [-0.2, -0.15) is 0 Å². The van der Waals surface area contributed by atoms with E-state index in [2.05, 4.69) is 10.0 Å². The van der Waals surface area contributed by atoms with Crippen LogP contribution in [0, 0.1) is 0 Å². The van der Waals surface area contributed by atoms with Gasteiger partial charge in [0, 0.05) is 6.54 Å².